The normalized spacial score (nSPS) is 12.5. The highest BCUT2D eigenvalue weighted by atomic mass is 28.4. The van der Waals surface area contributed by atoms with Crippen LogP contribution in [-0.4, -0.2) is 34.8 Å². The van der Waals surface area contributed by atoms with Crippen molar-refractivity contribution >= 4 is 15.0 Å². The summed E-state index contributed by atoms with van der Waals surface area (Å²) in [6, 6.07) is 0. The first kappa shape index (κ1) is 20.3. The third-order valence-electron chi connectivity index (χ3n) is 2.76. The van der Waals surface area contributed by atoms with Gasteiger partial charge < -0.3 is 17.7 Å². The van der Waals surface area contributed by atoms with E-state index >= 15 is 0 Å². The van der Waals surface area contributed by atoms with Crippen molar-refractivity contribution in [2.24, 2.45) is 0 Å². The van der Waals surface area contributed by atoms with E-state index in [2.05, 4.69) is 6.92 Å². The molecule has 0 spiro atoms. The standard InChI is InChI=1S/C15H30O5Si/c1-6-10-11-12-13-14(5)15(16)20-21(17-7-2,18-8-3)19-9-4/h13H,6-12H2,1-5H3. The highest BCUT2D eigenvalue weighted by Gasteiger charge is 2.49. The molecule has 0 amide bonds. The minimum Gasteiger partial charge on any atom is -0.448 e. The van der Waals surface area contributed by atoms with Crippen molar-refractivity contribution in [1.82, 2.24) is 0 Å². The second-order valence-corrected chi connectivity index (χ2v) is 6.64. The Morgan fingerprint density at radius 3 is 1.90 bits per heavy atom. The summed E-state index contributed by atoms with van der Waals surface area (Å²) in [5, 5.41) is 0. The van der Waals surface area contributed by atoms with E-state index in [9.17, 15) is 4.79 Å². The van der Waals surface area contributed by atoms with Crippen LogP contribution in [0.2, 0.25) is 0 Å². The molecule has 0 aliphatic carbocycles. The zero-order chi connectivity index (χ0) is 16.1. The molecule has 0 atom stereocenters. The Labute approximate surface area is 130 Å². The second-order valence-electron chi connectivity index (χ2n) is 4.57. The first-order chi connectivity index (χ1) is 10.0. The average molecular weight is 318 g/mol. The van der Waals surface area contributed by atoms with Crippen LogP contribution in [0, 0.1) is 0 Å². The molecule has 0 aliphatic rings. The van der Waals surface area contributed by atoms with E-state index in [4.69, 9.17) is 17.7 Å². The number of unbranched alkanes of at least 4 members (excludes halogenated alkanes) is 3. The SMILES string of the molecule is CCCCCC=C(C)C(=O)O[Si](OCC)(OCC)OCC. The number of carbonyl (C=O) groups is 1. The number of hydrogen-bond donors (Lipinski definition) is 0. The number of allylic oxidation sites excluding steroid dienone is 1. The van der Waals surface area contributed by atoms with Crippen molar-refractivity contribution in [3.8, 4) is 0 Å². The summed E-state index contributed by atoms with van der Waals surface area (Å²) in [6.45, 7) is 10.5. The summed E-state index contributed by atoms with van der Waals surface area (Å²) in [6.07, 6.45) is 6.18. The maximum absolute atomic E-state index is 12.2. The zero-order valence-electron chi connectivity index (χ0n) is 14.1. The predicted octanol–water partition coefficient (Wildman–Crippen LogP) is 3.60. The van der Waals surface area contributed by atoms with Gasteiger partial charge in [-0.3, -0.25) is 0 Å². The van der Waals surface area contributed by atoms with Crippen molar-refractivity contribution in [1.29, 1.82) is 0 Å². The van der Waals surface area contributed by atoms with Gasteiger partial charge in [0, 0.05) is 25.4 Å². The van der Waals surface area contributed by atoms with E-state index in [-0.39, 0.29) is 0 Å². The average Bonchev–Trinajstić information content (AvgIpc) is 2.44. The Bertz CT molecular complexity index is 300. The lowest BCUT2D eigenvalue weighted by molar-refractivity contribution is -0.140. The number of hydrogen-bond acceptors (Lipinski definition) is 5. The van der Waals surface area contributed by atoms with Crippen LogP contribution in [0.1, 0.15) is 60.3 Å². The maximum atomic E-state index is 12.2. The lowest BCUT2D eigenvalue weighted by atomic mass is 10.1. The largest absolute Gasteiger partial charge is 0.751 e. The Hall–Kier alpha value is -0.693. The lowest BCUT2D eigenvalue weighted by Gasteiger charge is -2.26. The number of carbonyl (C=O) groups excluding carboxylic acids is 1. The van der Waals surface area contributed by atoms with E-state index in [1.165, 1.54) is 0 Å². The van der Waals surface area contributed by atoms with E-state index in [1.54, 1.807) is 6.92 Å². The summed E-state index contributed by atoms with van der Waals surface area (Å²) in [4.78, 5) is 12.2. The maximum Gasteiger partial charge on any atom is 0.751 e. The Morgan fingerprint density at radius 2 is 1.48 bits per heavy atom. The van der Waals surface area contributed by atoms with Gasteiger partial charge in [0.2, 0.25) is 0 Å². The molecule has 0 saturated carbocycles. The van der Waals surface area contributed by atoms with Crippen molar-refractivity contribution in [3.63, 3.8) is 0 Å². The molecular weight excluding hydrogens is 288 g/mol. The molecule has 0 unspecified atom stereocenters. The van der Waals surface area contributed by atoms with Crippen LogP contribution in [-0.2, 0) is 22.5 Å². The van der Waals surface area contributed by atoms with Gasteiger partial charge in [0.15, 0.2) is 0 Å². The summed E-state index contributed by atoms with van der Waals surface area (Å²) < 4.78 is 21.9. The minimum atomic E-state index is -3.37. The molecule has 0 fully saturated rings. The van der Waals surface area contributed by atoms with Crippen LogP contribution in [0.5, 0.6) is 0 Å². The molecule has 0 bridgehead atoms. The van der Waals surface area contributed by atoms with Crippen LogP contribution < -0.4 is 0 Å². The predicted molar refractivity (Wildman–Crippen MR) is 84.6 cm³/mol. The summed E-state index contributed by atoms with van der Waals surface area (Å²) in [7, 11) is -3.37. The monoisotopic (exact) mass is 318 g/mol. The van der Waals surface area contributed by atoms with Crippen LogP contribution in [0.15, 0.2) is 11.6 Å². The third-order valence-corrected chi connectivity index (χ3v) is 5.12. The van der Waals surface area contributed by atoms with E-state index < -0.39 is 15.0 Å². The van der Waals surface area contributed by atoms with E-state index in [0.29, 0.717) is 25.4 Å². The highest BCUT2D eigenvalue weighted by molar-refractivity contribution is 6.55. The molecule has 0 aromatic heterocycles. The summed E-state index contributed by atoms with van der Waals surface area (Å²) in [5.41, 5.74) is 0.571. The van der Waals surface area contributed by atoms with Gasteiger partial charge in [-0.25, -0.2) is 4.79 Å². The highest BCUT2D eigenvalue weighted by Crippen LogP contribution is 2.15. The molecule has 0 heterocycles. The van der Waals surface area contributed by atoms with Gasteiger partial charge in [0.25, 0.3) is 0 Å². The van der Waals surface area contributed by atoms with Gasteiger partial charge in [0.1, 0.15) is 0 Å². The molecule has 0 rings (SSSR count). The fourth-order valence-corrected chi connectivity index (χ4v) is 3.61. The molecular formula is C15H30O5Si. The topological polar surface area (TPSA) is 54.0 Å². The molecule has 21 heavy (non-hydrogen) atoms. The van der Waals surface area contributed by atoms with E-state index in [0.717, 1.165) is 25.7 Å². The van der Waals surface area contributed by atoms with Crippen molar-refractivity contribution in [3.05, 3.63) is 11.6 Å². The molecule has 0 aliphatic heterocycles. The van der Waals surface area contributed by atoms with Crippen molar-refractivity contribution in [2.45, 2.75) is 60.3 Å². The van der Waals surface area contributed by atoms with Crippen LogP contribution in [0.4, 0.5) is 0 Å². The quantitative estimate of drug-likeness (QED) is 0.313. The Morgan fingerprint density at radius 1 is 0.952 bits per heavy atom. The third kappa shape index (κ3) is 8.36. The fourth-order valence-electron chi connectivity index (χ4n) is 1.73. The fraction of sp³-hybridized carbons (Fsp3) is 0.800. The minimum absolute atomic E-state index is 0.374. The van der Waals surface area contributed by atoms with Gasteiger partial charge in [-0.15, -0.1) is 0 Å². The van der Waals surface area contributed by atoms with Gasteiger partial charge >= 0.3 is 15.0 Å². The van der Waals surface area contributed by atoms with Gasteiger partial charge in [0.05, 0.1) is 0 Å². The Balaban J connectivity index is 4.69. The second kappa shape index (κ2) is 11.9. The smallest absolute Gasteiger partial charge is 0.448 e. The Kier molecular flexibility index (Phi) is 11.5. The van der Waals surface area contributed by atoms with Crippen LogP contribution in [0.3, 0.4) is 0 Å². The van der Waals surface area contributed by atoms with Gasteiger partial charge in [-0.2, -0.15) is 0 Å². The van der Waals surface area contributed by atoms with E-state index in [1.807, 2.05) is 26.8 Å². The molecule has 0 saturated heterocycles. The molecule has 5 nitrogen and oxygen atoms in total. The first-order valence-corrected chi connectivity index (χ1v) is 9.50. The molecule has 6 heteroatoms. The summed E-state index contributed by atoms with van der Waals surface area (Å²) >= 11 is 0. The number of rotatable bonds is 12. The van der Waals surface area contributed by atoms with Crippen LogP contribution >= 0.6 is 0 Å². The molecule has 124 valence electrons. The molecule has 0 aromatic rings. The van der Waals surface area contributed by atoms with Crippen LogP contribution in [0.25, 0.3) is 0 Å². The first-order valence-electron chi connectivity index (χ1n) is 7.87. The van der Waals surface area contributed by atoms with Gasteiger partial charge in [-0.05, 0) is 40.5 Å². The molecule has 0 aromatic carbocycles. The van der Waals surface area contributed by atoms with Gasteiger partial charge in [-0.1, -0.05) is 25.8 Å². The zero-order valence-corrected chi connectivity index (χ0v) is 15.1. The van der Waals surface area contributed by atoms with Crippen molar-refractivity contribution < 1.29 is 22.5 Å². The summed E-state index contributed by atoms with van der Waals surface area (Å²) in [5.74, 6) is -0.423. The molecule has 0 N–H and O–H groups in total. The lowest BCUT2D eigenvalue weighted by Crippen LogP contribution is -2.50. The molecule has 0 radical (unpaired) electrons. The van der Waals surface area contributed by atoms with Crippen molar-refractivity contribution in [2.75, 3.05) is 19.8 Å².